The Bertz CT molecular complexity index is 289. The first-order chi connectivity index (χ1) is 6.27. The lowest BCUT2D eigenvalue weighted by Crippen LogP contribution is -2.22. The number of nitrogens with zero attached hydrogens (tertiary/aromatic N) is 2. The number of hydrogen-bond donors (Lipinski definition) is 1. The van der Waals surface area contributed by atoms with E-state index in [0.29, 0.717) is 24.3 Å². The van der Waals surface area contributed by atoms with Crippen molar-refractivity contribution in [2.24, 2.45) is 0 Å². The third-order valence-corrected chi connectivity index (χ3v) is 1.70. The molecule has 0 amide bonds. The number of hydrogen-bond acceptors (Lipinski definition) is 4. The topological polar surface area (TPSA) is 53.4 Å². The summed E-state index contributed by atoms with van der Waals surface area (Å²) >= 11 is 0. The van der Waals surface area contributed by atoms with Crippen LogP contribution in [0.1, 0.15) is 10.5 Å². The van der Waals surface area contributed by atoms with Gasteiger partial charge in [0.15, 0.2) is 6.29 Å². The fourth-order valence-corrected chi connectivity index (χ4v) is 0.982. The summed E-state index contributed by atoms with van der Waals surface area (Å²) in [6.45, 7) is 0.582. The molecule has 1 N–H and O–H groups in total. The molecule has 0 aliphatic heterocycles. The molecule has 0 aliphatic rings. The number of carbonyl (C=O) groups excluding carboxylic acids is 1. The van der Waals surface area contributed by atoms with Crippen LogP contribution in [0.2, 0.25) is 0 Å². The maximum atomic E-state index is 10.4. The minimum absolute atomic E-state index is 0.0729. The van der Waals surface area contributed by atoms with E-state index in [1.807, 2.05) is 7.05 Å². The standard InChI is InChI=1S/C9H12N2O2/c1-11(5-6-12)9-4-2-3-8(7-13)10-9/h2-4,7,12H,5-6H2,1H3. The summed E-state index contributed by atoms with van der Waals surface area (Å²) in [5.74, 6) is 0.693. The molecule has 0 aromatic carbocycles. The van der Waals surface area contributed by atoms with Gasteiger partial charge in [0.25, 0.3) is 0 Å². The summed E-state index contributed by atoms with van der Waals surface area (Å²) in [6.07, 6.45) is 0.705. The molecule has 1 rings (SSSR count). The van der Waals surface area contributed by atoms with E-state index in [0.717, 1.165) is 0 Å². The van der Waals surface area contributed by atoms with Crippen LogP contribution < -0.4 is 4.90 Å². The zero-order valence-corrected chi connectivity index (χ0v) is 7.47. The molecule has 4 heteroatoms. The van der Waals surface area contributed by atoms with Crippen molar-refractivity contribution in [1.82, 2.24) is 4.98 Å². The normalized spacial score (nSPS) is 9.69. The van der Waals surface area contributed by atoms with Crippen LogP contribution in [0.3, 0.4) is 0 Å². The van der Waals surface area contributed by atoms with Crippen molar-refractivity contribution in [1.29, 1.82) is 0 Å². The zero-order chi connectivity index (χ0) is 9.68. The second kappa shape index (κ2) is 4.57. The Balaban J connectivity index is 2.81. The van der Waals surface area contributed by atoms with Gasteiger partial charge in [0.05, 0.1) is 6.61 Å². The number of aldehydes is 1. The van der Waals surface area contributed by atoms with Crippen LogP contribution in [-0.2, 0) is 0 Å². The Morgan fingerprint density at radius 2 is 2.38 bits per heavy atom. The molecule has 0 unspecified atom stereocenters. The molecule has 1 aromatic heterocycles. The number of rotatable bonds is 4. The lowest BCUT2D eigenvalue weighted by molar-refractivity contribution is 0.111. The van der Waals surface area contributed by atoms with E-state index >= 15 is 0 Å². The zero-order valence-electron chi connectivity index (χ0n) is 7.47. The van der Waals surface area contributed by atoms with Crippen LogP contribution in [0.4, 0.5) is 5.82 Å². The summed E-state index contributed by atoms with van der Waals surface area (Å²) in [5, 5.41) is 8.69. The van der Waals surface area contributed by atoms with Crippen molar-refractivity contribution in [3.63, 3.8) is 0 Å². The number of likely N-dealkylation sites (N-methyl/N-ethyl adjacent to an activating group) is 1. The first kappa shape index (κ1) is 9.67. The molecule has 0 saturated heterocycles. The highest BCUT2D eigenvalue weighted by molar-refractivity contribution is 5.72. The Morgan fingerprint density at radius 1 is 1.62 bits per heavy atom. The molecular weight excluding hydrogens is 168 g/mol. The molecule has 0 fully saturated rings. The van der Waals surface area contributed by atoms with Crippen LogP contribution in [0.15, 0.2) is 18.2 Å². The SMILES string of the molecule is CN(CCO)c1cccc(C=O)n1. The van der Waals surface area contributed by atoms with Gasteiger partial charge in [-0.1, -0.05) is 6.07 Å². The fourth-order valence-electron chi connectivity index (χ4n) is 0.982. The summed E-state index contributed by atoms with van der Waals surface area (Å²) in [4.78, 5) is 16.3. The van der Waals surface area contributed by atoms with Gasteiger partial charge in [0, 0.05) is 13.6 Å². The van der Waals surface area contributed by atoms with E-state index in [2.05, 4.69) is 4.98 Å². The smallest absolute Gasteiger partial charge is 0.168 e. The first-order valence-corrected chi connectivity index (χ1v) is 4.02. The number of carbonyl (C=O) groups is 1. The minimum Gasteiger partial charge on any atom is -0.395 e. The van der Waals surface area contributed by atoms with Crippen LogP contribution in [0.25, 0.3) is 0 Å². The molecule has 1 heterocycles. The largest absolute Gasteiger partial charge is 0.395 e. The van der Waals surface area contributed by atoms with Crippen LogP contribution in [0, 0.1) is 0 Å². The molecule has 0 atom stereocenters. The molecular formula is C9H12N2O2. The van der Waals surface area contributed by atoms with Gasteiger partial charge < -0.3 is 10.0 Å². The van der Waals surface area contributed by atoms with Gasteiger partial charge in [-0.2, -0.15) is 0 Å². The maximum Gasteiger partial charge on any atom is 0.168 e. The van der Waals surface area contributed by atoms with Crippen molar-refractivity contribution in [3.05, 3.63) is 23.9 Å². The molecule has 0 aliphatic carbocycles. The average molecular weight is 180 g/mol. The number of aliphatic hydroxyl groups is 1. The first-order valence-electron chi connectivity index (χ1n) is 4.02. The van der Waals surface area contributed by atoms with Crippen molar-refractivity contribution < 1.29 is 9.90 Å². The van der Waals surface area contributed by atoms with Gasteiger partial charge in [-0.15, -0.1) is 0 Å². The maximum absolute atomic E-state index is 10.4. The lowest BCUT2D eigenvalue weighted by Gasteiger charge is -2.16. The van der Waals surface area contributed by atoms with E-state index in [4.69, 9.17) is 5.11 Å². The Kier molecular flexibility index (Phi) is 3.40. The molecule has 0 spiro atoms. The number of aromatic nitrogens is 1. The van der Waals surface area contributed by atoms with Gasteiger partial charge in [-0.3, -0.25) is 4.79 Å². The number of aliphatic hydroxyl groups excluding tert-OH is 1. The average Bonchev–Trinajstić information content (AvgIpc) is 2.18. The third-order valence-electron chi connectivity index (χ3n) is 1.70. The van der Waals surface area contributed by atoms with Gasteiger partial charge in [0.1, 0.15) is 11.5 Å². The third kappa shape index (κ3) is 2.52. The summed E-state index contributed by atoms with van der Waals surface area (Å²) in [5.41, 5.74) is 0.405. The number of pyridine rings is 1. The number of anilines is 1. The van der Waals surface area contributed by atoms with Crippen LogP contribution >= 0.6 is 0 Å². The quantitative estimate of drug-likeness (QED) is 0.678. The highest BCUT2D eigenvalue weighted by atomic mass is 16.3. The summed E-state index contributed by atoms with van der Waals surface area (Å²) < 4.78 is 0. The molecule has 0 bridgehead atoms. The van der Waals surface area contributed by atoms with Crippen LogP contribution in [0.5, 0.6) is 0 Å². The van der Waals surface area contributed by atoms with Crippen molar-refractivity contribution in [2.75, 3.05) is 25.1 Å². The Labute approximate surface area is 76.8 Å². The molecule has 0 saturated carbocycles. The van der Waals surface area contributed by atoms with E-state index in [-0.39, 0.29) is 6.61 Å². The predicted molar refractivity (Wildman–Crippen MR) is 50.0 cm³/mol. The second-order valence-corrected chi connectivity index (χ2v) is 2.68. The highest BCUT2D eigenvalue weighted by Crippen LogP contribution is 2.07. The summed E-state index contributed by atoms with van der Waals surface area (Å²) in [6, 6.07) is 5.20. The van der Waals surface area contributed by atoms with E-state index in [1.165, 1.54) is 0 Å². The second-order valence-electron chi connectivity index (χ2n) is 2.68. The van der Waals surface area contributed by atoms with Gasteiger partial charge >= 0.3 is 0 Å². The molecule has 70 valence electrons. The molecule has 1 aromatic rings. The fraction of sp³-hybridized carbons (Fsp3) is 0.333. The van der Waals surface area contributed by atoms with E-state index < -0.39 is 0 Å². The van der Waals surface area contributed by atoms with Crippen molar-refractivity contribution in [2.45, 2.75) is 0 Å². The molecule has 4 nitrogen and oxygen atoms in total. The van der Waals surface area contributed by atoms with Gasteiger partial charge in [-0.25, -0.2) is 4.98 Å². The predicted octanol–water partition coefficient (Wildman–Crippen LogP) is 0.323. The van der Waals surface area contributed by atoms with E-state index in [1.54, 1.807) is 23.1 Å². The van der Waals surface area contributed by atoms with Gasteiger partial charge in [-0.05, 0) is 12.1 Å². The molecule has 13 heavy (non-hydrogen) atoms. The Morgan fingerprint density at radius 3 is 3.00 bits per heavy atom. The summed E-state index contributed by atoms with van der Waals surface area (Å²) in [7, 11) is 1.81. The van der Waals surface area contributed by atoms with Crippen molar-refractivity contribution >= 4 is 12.1 Å². The molecule has 0 radical (unpaired) electrons. The monoisotopic (exact) mass is 180 g/mol. The van der Waals surface area contributed by atoms with Crippen LogP contribution in [-0.4, -0.2) is 36.6 Å². The highest BCUT2D eigenvalue weighted by Gasteiger charge is 2.01. The van der Waals surface area contributed by atoms with Crippen molar-refractivity contribution in [3.8, 4) is 0 Å². The van der Waals surface area contributed by atoms with E-state index in [9.17, 15) is 4.79 Å². The minimum atomic E-state index is 0.0729. The Hall–Kier alpha value is -1.42. The lowest BCUT2D eigenvalue weighted by atomic mass is 10.3. The van der Waals surface area contributed by atoms with Gasteiger partial charge in [0.2, 0.25) is 0 Å².